The molecule has 0 saturated carbocycles. The van der Waals surface area contributed by atoms with Crippen molar-refractivity contribution in [3.8, 4) is 12.1 Å². The zero-order valence-electron chi connectivity index (χ0n) is 3.71. The summed E-state index contributed by atoms with van der Waals surface area (Å²) in [6.45, 7) is 0. The zero-order valence-corrected chi connectivity index (χ0v) is 5.34. The first-order chi connectivity index (χ1) is 3.72. The molecule has 0 radical (unpaired) electrons. The highest BCUT2D eigenvalue weighted by atomic mass is 32.1. The van der Waals surface area contributed by atoms with Crippen molar-refractivity contribution in [1.29, 1.82) is 10.5 Å². The predicted molar refractivity (Wildman–Crippen MR) is 33.0 cm³/mol. The third-order valence-electron chi connectivity index (χ3n) is 0.409. The average Bonchev–Trinajstić information content (AvgIpc) is 1.84. The van der Waals surface area contributed by atoms with Crippen LogP contribution < -0.4 is 0 Å². The van der Waals surface area contributed by atoms with Crippen LogP contribution in [0.15, 0.2) is 9.81 Å². The summed E-state index contributed by atoms with van der Waals surface area (Å²) in [4.78, 5) is -0.218. The lowest BCUT2D eigenvalue weighted by Crippen LogP contribution is -1.76. The van der Waals surface area contributed by atoms with Gasteiger partial charge in [-0.15, -0.1) is 9.81 Å². The van der Waals surface area contributed by atoms with Crippen molar-refractivity contribution < 1.29 is 0 Å². The van der Waals surface area contributed by atoms with Gasteiger partial charge in [-0.2, -0.15) is 10.5 Å². The summed E-state index contributed by atoms with van der Waals surface area (Å²) in [5.74, 6) is 0. The molecule has 2 nitrogen and oxygen atoms in total. The van der Waals surface area contributed by atoms with E-state index in [1.54, 1.807) is 12.1 Å². The minimum Gasteiger partial charge on any atom is -0.770 e. The first-order valence-electron chi connectivity index (χ1n) is 1.61. The van der Waals surface area contributed by atoms with E-state index in [1.165, 1.54) is 0 Å². The first-order valence-corrected chi connectivity index (χ1v) is 2.42. The molecule has 0 aromatic carbocycles. The van der Waals surface area contributed by atoms with E-state index in [0.717, 1.165) is 0 Å². The van der Waals surface area contributed by atoms with Crippen LogP contribution in [0.1, 0.15) is 0 Å². The van der Waals surface area contributed by atoms with Gasteiger partial charge in [0.2, 0.25) is 0 Å². The van der Waals surface area contributed by atoms with Crippen LogP contribution in [0.25, 0.3) is 0 Å². The highest BCUT2D eigenvalue weighted by Gasteiger charge is 1.70. The molecule has 0 atom stereocenters. The Hall–Kier alpha value is -0.840. The fourth-order valence-electron chi connectivity index (χ4n) is 0.102. The highest BCUT2D eigenvalue weighted by Crippen LogP contribution is 1.95. The van der Waals surface area contributed by atoms with Crippen LogP contribution in [0, 0.1) is 22.7 Å². The molecule has 0 aliphatic carbocycles. The lowest BCUT2D eigenvalue weighted by atomic mass is 10.5. The molecule has 4 heteroatoms. The Kier molecular flexibility index (Phi) is 2.86. The van der Waals surface area contributed by atoms with Crippen molar-refractivity contribution in [2.75, 3.05) is 0 Å². The lowest BCUT2D eigenvalue weighted by molar-refractivity contribution is 1.50. The SMILES string of the molecule is N#CC([S-])=C([S-])C#N. The van der Waals surface area contributed by atoms with E-state index in [2.05, 4.69) is 25.3 Å². The van der Waals surface area contributed by atoms with Crippen LogP contribution in [0.3, 0.4) is 0 Å². The minimum atomic E-state index is -0.109. The van der Waals surface area contributed by atoms with Gasteiger partial charge in [0.15, 0.2) is 0 Å². The summed E-state index contributed by atoms with van der Waals surface area (Å²) in [5.41, 5.74) is 0. The van der Waals surface area contributed by atoms with Gasteiger partial charge >= 0.3 is 0 Å². The molecule has 0 bridgehead atoms. The monoisotopic (exact) mass is 140 g/mol. The fraction of sp³-hybridized carbons (Fsp3) is 0. The van der Waals surface area contributed by atoms with Crippen LogP contribution in [0.2, 0.25) is 0 Å². The molecule has 0 amide bonds. The van der Waals surface area contributed by atoms with Gasteiger partial charge in [-0.05, 0) is 0 Å². The largest absolute Gasteiger partial charge is 0.770 e. The van der Waals surface area contributed by atoms with Gasteiger partial charge in [0, 0.05) is 0 Å². The summed E-state index contributed by atoms with van der Waals surface area (Å²) in [6.07, 6.45) is 0. The van der Waals surface area contributed by atoms with Crippen molar-refractivity contribution in [2.24, 2.45) is 0 Å². The highest BCUT2D eigenvalue weighted by molar-refractivity contribution is 7.68. The van der Waals surface area contributed by atoms with Crippen LogP contribution >= 0.6 is 0 Å². The quantitative estimate of drug-likeness (QED) is 0.359. The number of hydrogen-bond donors (Lipinski definition) is 0. The normalized spacial score (nSPS) is 10.8. The Bertz CT molecular complexity index is 171. The second kappa shape index (κ2) is 3.20. The molecule has 40 valence electrons. The van der Waals surface area contributed by atoms with Crippen LogP contribution in [-0.4, -0.2) is 0 Å². The Labute approximate surface area is 58.2 Å². The maximum Gasteiger partial charge on any atom is 0.0694 e. The topological polar surface area (TPSA) is 47.6 Å². The first kappa shape index (κ1) is 7.16. The second-order valence-corrected chi connectivity index (χ2v) is 1.70. The average molecular weight is 140 g/mol. The molecule has 0 N–H and O–H groups in total. The van der Waals surface area contributed by atoms with Gasteiger partial charge in [-0.25, -0.2) is 0 Å². The van der Waals surface area contributed by atoms with E-state index < -0.39 is 0 Å². The number of rotatable bonds is 0. The molecule has 0 aliphatic rings. The Balaban J connectivity index is 4.41. The molecule has 0 heterocycles. The van der Waals surface area contributed by atoms with Crippen molar-refractivity contribution >= 4 is 25.3 Å². The number of nitriles is 2. The zero-order chi connectivity index (χ0) is 6.57. The van der Waals surface area contributed by atoms with Crippen molar-refractivity contribution in [2.45, 2.75) is 0 Å². The summed E-state index contributed by atoms with van der Waals surface area (Å²) >= 11 is 8.70. The van der Waals surface area contributed by atoms with Gasteiger partial charge in [0.05, 0.1) is 12.1 Å². The van der Waals surface area contributed by atoms with Gasteiger partial charge in [-0.1, -0.05) is 0 Å². The van der Waals surface area contributed by atoms with Crippen LogP contribution in [0.4, 0.5) is 0 Å². The maximum absolute atomic E-state index is 8.01. The van der Waals surface area contributed by atoms with Gasteiger partial charge < -0.3 is 25.3 Å². The summed E-state index contributed by atoms with van der Waals surface area (Å²) in [5, 5.41) is 16.0. The Morgan fingerprint density at radius 1 is 1.00 bits per heavy atom. The molecule has 0 unspecified atom stereocenters. The van der Waals surface area contributed by atoms with E-state index in [1.807, 2.05) is 0 Å². The van der Waals surface area contributed by atoms with E-state index in [9.17, 15) is 0 Å². The lowest BCUT2D eigenvalue weighted by Gasteiger charge is -2.08. The van der Waals surface area contributed by atoms with Gasteiger partial charge in [0.1, 0.15) is 0 Å². The molecule has 0 spiro atoms. The number of allylic oxidation sites excluding steroid dienone is 2. The van der Waals surface area contributed by atoms with E-state index in [0.29, 0.717) is 0 Å². The van der Waals surface area contributed by atoms with Gasteiger partial charge in [0.25, 0.3) is 0 Å². The second-order valence-electron chi connectivity index (χ2n) is 0.882. The smallest absolute Gasteiger partial charge is 0.0694 e. The number of nitrogens with zero attached hydrogens (tertiary/aromatic N) is 2. The Morgan fingerprint density at radius 2 is 1.25 bits per heavy atom. The molecule has 0 fully saturated rings. The van der Waals surface area contributed by atoms with Crippen molar-refractivity contribution in [3.63, 3.8) is 0 Å². The fourth-order valence-corrected chi connectivity index (χ4v) is 0.193. The van der Waals surface area contributed by atoms with Gasteiger partial charge in [-0.3, -0.25) is 0 Å². The molecular weight excluding hydrogens is 140 g/mol. The molecule has 0 aliphatic heterocycles. The molecular formula is C4N2S2-2. The minimum absolute atomic E-state index is 0.109. The van der Waals surface area contributed by atoms with Crippen molar-refractivity contribution in [3.05, 3.63) is 9.81 Å². The molecule has 0 rings (SSSR count). The van der Waals surface area contributed by atoms with Crippen LogP contribution in [-0.2, 0) is 25.3 Å². The summed E-state index contributed by atoms with van der Waals surface area (Å²) < 4.78 is 0. The van der Waals surface area contributed by atoms with E-state index >= 15 is 0 Å². The third-order valence-corrected chi connectivity index (χ3v) is 1.13. The number of hydrogen-bond acceptors (Lipinski definition) is 4. The standard InChI is InChI=1S/C4H2N2S2/c5-1-3(7)4(8)2-6/h7-8H/p-2. The predicted octanol–water partition coefficient (Wildman–Crippen LogP) is 0.339. The maximum atomic E-state index is 8.01. The third kappa shape index (κ3) is 1.74. The Morgan fingerprint density at radius 3 is 1.38 bits per heavy atom. The molecule has 0 aromatic rings. The summed E-state index contributed by atoms with van der Waals surface area (Å²) in [7, 11) is 0. The van der Waals surface area contributed by atoms with E-state index in [-0.39, 0.29) is 9.81 Å². The molecule has 0 aromatic heterocycles. The molecule has 0 saturated heterocycles. The molecule has 8 heavy (non-hydrogen) atoms. The van der Waals surface area contributed by atoms with Crippen LogP contribution in [0.5, 0.6) is 0 Å². The van der Waals surface area contributed by atoms with E-state index in [4.69, 9.17) is 10.5 Å². The summed E-state index contributed by atoms with van der Waals surface area (Å²) in [6, 6.07) is 3.17. The van der Waals surface area contributed by atoms with Crippen molar-refractivity contribution in [1.82, 2.24) is 0 Å².